The van der Waals surface area contributed by atoms with Crippen molar-refractivity contribution in [3.05, 3.63) is 77.1 Å². The lowest BCUT2D eigenvalue weighted by molar-refractivity contribution is -0.140. The van der Waals surface area contributed by atoms with Gasteiger partial charge in [-0.3, -0.25) is 14.5 Å². The molecular formula is C29H32N4O6. The van der Waals surface area contributed by atoms with Crippen molar-refractivity contribution >= 4 is 17.4 Å². The molecule has 5 rings (SSSR count). The predicted octanol–water partition coefficient (Wildman–Crippen LogP) is 2.95. The first-order chi connectivity index (χ1) is 18.9. The number of carbonyl (C=O) groups excluding carboxylic acids is 2. The fraction of sp³-hybridized carbons (Fsp3) is 0.345. The zero-order valence-corrected chi connectivity index (χ0v) is 22.3. The Balaban J connectivity index is 1.59. The highest BCUT2D eigenvalue weighted by molar-refractivity contribution is 6.46. The van der Waals surface area contributed by atoms with E-state index < -0.39 is 17.7 Å². The summed E-state index contributed by atoms with van der Waals surface area (Å²) in [5, 5.41) is 16.0. The Hall–Kier alpha value is -4.15. The molecule has 1 amide bonds. The van der Waals surface area contributed by atoms with Crippen molar-refractivity contribution < 1.29 is 28.9 Å². The Labute approximate surface area is 227 Å². The molecule has 2 aliphatic rings. The Morgan fingerprint density at radius 2 is 1.74 bits per heavy atom. The molecule has 1 atom stereocenters. The van der Waals surface area contributed by atoms with E-state index in [9.17, 15) is 14.7 Å². The van der Waals surface area contributed by atoms with Gasteiger partial charge in [-0.15, -0.1) is 0 Å². The molecular weight excluding hydrogens is 500 g/mol. The van der Waals surface area contributed by atoms with E-state index in [1.165, 1.54) is 18.2 Å². The van der Waals surface area contributed by atoms with Crippen LogP contribution in [-0.4, -0.2) is 90.0 Å². The van der Waals surface area contributed by atoms with Crippen LogP contribution in [-0.2, 0) is 14.3 Å². The summed E-state index contributed by atoms with van der Waals surface area (Å²) in [6.07, 6.45) is 1.52. The second-order valence-electron chi connectivity index (χ2n) is 9.45. The monoisotopic (exact) mass is 532 g/mol. The Morgan fingerprint density at radius 1 is 1.03 bits per heavy atom. The highest BCUT2D eigenvalue weighted by Gasteiger charge is 2.46. The largest absolute Gasteiger partial charge is 0.507 e. The van der Waals surface area contributed by atoms with E-state index in [1.807, 2.05) is 37.3 Å². The van der Waals surface area contributed by atoms with Gasteiger partial charge in [-0.2, -0.15) is 5.10 Å². The summed E-state index contributed by atoms with van der Waals surface area (Å²) in [7, 11) is 3.07. The second-order valence-corrected chi connectivity index (χ2v) is 9.45. The molecule has 0 aliphatic carbocycles. The fourth-order valence-corrected chi connectivity index (χ4v) is 5.17. The van der Waals surface area contributed by atoms with Gasteiger partial charge in [0.15, 0.2) is 11.5 Å². The number of para-hydroxylation sites is 1. The number of likely N-dealkylation sites (tertiary alicyclic amines) is 1. The van der Waals surface area contributed by atoms with Gasteiger partial charge in [-0.25, -0.2) is 4.68 Å². The number of Topliss-reactive ketones (excluding diaryl/α,β-unsaturated/α-hetero) is 1. The summed E-state index contributed by atoms with van der Waals surface area (Å²) in [5.41, 5.74) is 2.49. The summed E-state index contributed by atoms with van der Waals surface area (Å²) in [6, 6.07) is 13.9. The van der Waals surface area contributed by atoms with Crippen LogP contribution in [0.25, 0.3) is 11.4 Å². The van der Waals surface area contributed by atoms with E-state index in [4.69, 9.17) is 14.2 Å². The van der Waals surface area contributed by atoms with Gasteiger partial charge < -0.3 is 24.2 Å². The van der Waals surface area contributed by atoms with E-state index in [1.54, 1.807) is 30.0 Å². The van der Waals surface area contributed by atoms with Crippen molar-refractivity contribution in [1.82, 2.24) is 19.6 Å². The molecule has 10 nitrogen and oxygen atoms in total. The first-order valence-corrected chi connectivity index (χ1v) is 12.9. The molecule has 0 bridgehead atoms. The first kappa shape index (κ1) is 26.5. The van der Waals surface area contributed by atoms with Crippen LogP contribution in [0.2, 0.25) is 0 Å². The molecule has 3 heterocycles. The number of benzene rings is 2. The van der Waals surface area contributed by atoms with Crippen molar-refractivity contribution in [3.63, 3.8) is 0 Å². The highest BCUT2D eigenvalue weighted by Crippen LogP contribution is 2.42. The van der Waals surface area contributed by atoms with Crippen LogP contribution in [0.3, 0.4) is 0 Å². The predicted molar refractivity (Wildman–Crippen MR) is 144 cm³/mol. The standard InChI is InChI=1S/C29H32N4O6/c1-19-22(18-30-33(19)21-7-5-4-6-8-21)27(34)25-26(20-9-10-23(37-2)24(17-20)38-3)32(29(36)28(25)35)12-11-31-13-15-39-16-14-31/h4-10,17-18,26,34H,11-16H2,1-3H3/b27-25+/t26-/m0/s1. The van der Waals surface area contributed by atoms with Crippen LogP contribution in [0, 0.1) is 6.92 Å². The lowest BCUT2D eigenvalue weighted by Crippen LogP contribution is -2.42. The van der Waals surface area contributed by atoms with Gasteiger partial charge in [-0.05, 0) is 36.8 Å². The van der Waals surface area contributed by atoms with Gasteiger partial charge in [0.25, 0.3) is 11.7 Å². The van der Waals surface area contributed by atoms with Gasteiger partial charge in [0, 0.05) is 26.2 Å². The van der Waals surface area contributed by atoms with Crippen LogP contribution >= 0.6 is 0 Å². The van der Waals surface area contributed by atoms with Gasteiger partial charge in [-0.1, -0.05) is 24.3 Å². The average Bonchev–Trinajstić information content (AvgIpc) is 3.48. The number of ketones is 1. The van der Waals surface area contributed by atoms with E-state index in [-0.39, 0.29) is 11.3 Å². The molecule has 0 radical (unpaired) electrons. The van der Waals surface area contributed by atoms with Gasteiger partial charge in [0.05, 0.1) is 62.2 Å². The molecule has 1 N–H and O–H groups in total. The second kappa shape index (κ2) is 11.3. The normalized spacial score (nSPS) is 19.5. The van der Waals surface area contributed by atoms with Gasteiger partial charge >= 0.3 is 0 Å². The number of ether oxygens (including phenoxy) is 3. The summed E-state index contributed by atoms with van der Waals surface area (Å²) in [5.74, 6) is -0.672. The molecule has 10 heteroatoms. The number of aliphatic hydroxyl groups is 1. The number of methoxy groups -OCH3 is 2. The summed E-state index contributed by atoms with van der Waals surface area (Å²) in [6.45, 7) is 5.46. The third-order valence-electron chi connectivity index (χ3n) is 7.29. The maximum atomic E-state index is 13.5. The molecule has 39 heavy (non-hydrogen) atoms. The topological polar surface area (TPSA) is 106 Å². The Bertz CT molecular complexity index is 1390. The summed E-state index contributed by atoms with van der Waals surface area (Å²) >= 11 is 0. The van der Waals surface area contributed by atoms with Crippen molar-refractivity contribution in [3.8, 4) is 17.2 Å². The lowest BCUT2D eigenvalue weighted by Gasteiger charge is -2.31. The zero-order valence-electron chi connectivity index (χ0n) is 22.3. The number of hydrogen-bond acceptors (Lipinski definition) is 8. The minimum Gasteiger partial charge on any atom is -0.507 e. The number of morpholine rings is 1. The van der Waals surface area contributed by atoms with Crippen molar-refractivity contribution in [1.29, 1.82) is 0 Å². The van der Waals surface area contributed by atoms with Crippen LogP contribution in [0.5, 0.6) is 11.5 Å². The van der Waals surface area contributed by atoms with Crippen molar-refractivity contribution in [2.75, 3.05) is 53.6 Å². The van der Waals surface area contributed by atoms with E-state index in [0.29, 0.717) is 54.6 Å². The van der Waals surface area contributed by atoms with Gasteiger partial charge in [0.1, 0.15) is 5.76 Å². The number of carbonyl (C=O) groups is 2. The SMILES string of the molecule is COc1ccc([C@H]2/C(=C(\O)c3cnn(-c4ccccc4)c3C)C(=O)C(=O)N2CCN2CCOCC2)cc1OC. The van der Waals surface area contributed by atoms with Crippen LogP contribution in [0.15, 0.2) is 60.3 Å². The van der Waals surface area contributed by atoms with Crippen LogP contribution in [0.4, 0.5) is 0 Å². The fourth-order valence-electron chi connectivity index (χ4n) is 5.17. The molecule has 0 saturated carbocycles. The number of aliphatic hydroxyl groups excluding tert-OH is 1. The smallest absolute Gasteiger partial charge is 0.295 e. The molecule has 2 aliphatic heterocycles. The van der Waals surface area contributed by atoms with E-state index in [2.05, 4.69) is 10.00 Å². The minimum absolute atomic E-state index is 0.0184. The number of rotatable bonds is 8. The molecule has 2 aromatic carbocycles. The maximum Gasteiger partial charge on any atom is 0.295 e. The van der Waals surface area contributed by atoms with E-state index >= 15 is 0 Å². The number of nitrogens with zero attached hydrogens (tertiary/aromatic N) is 4. The highest BCUT2D eigenvalue weighted by atomic mass is 16.5. The minimum atomic E-state index is -0.815. The Morgan fingerprint density at radius 3 is 2.44 bits per heavy atom. The van der Waals surface area contributed by atoms with Gasteiger partial charge in [0.2, 0.25) is 0 Å². The number of amides is 1. The van der Waals surface area contributed by atoms with Crippen LogP contribution < -0.4 is 9.47 Å². The zero-order chi connectivity index (χ0) is 27.5. The quantitative estimate of drug-likeness (QED) is 0.268. The number of hydrogen-bond donors (Lipinski definition) is 1. The Kier molecular flexibility index (Phi) is 7.67. The van der Waals surface area contributed by atoms with Crippen molar-refractivity contribution in [2.24, 2.45) is 0 Å². The molecule has 2 saturated heterocycles. The number of aromatic nitrogens is 2. The lowest BCUT2D eigenvalue weighted by atomic mass is 9.95. The molecule has 0 spiro atoms. The van der Waals surface area contributed by atoms with E-state index in [0.717, 1.165) is 18.8 Å². The third-order valence-corrected chi connectivity index (χ3v) is 7.29. The molecule has 3 aromatic rings. The molecule has 204 valence electrons. The molecule has 0 unspecified atom stereocenters. The maximum absolute atomic E-state index is 13.5. The average molecular weight is 533 g/mol. The summed E-state index contributed by atoms with van der Waals surface area (Å²) in [4.78, 5) is 30.6. The summed E-state index contributed by atoms with van der Waals surface area (Å²) < 4.78 is 18.0. The molecule has 2 fully saturated rings. The van der Waals surface area contributed by atoms with Crippen LogP contribution in [0.1, 0.15) is 22.9 Å². The van der Waals surface area contributed by atoms with Crippen molar-refractivity contribution in [2.45, 2.75) is 13.0 Å². The third kappa shape index (κ3) is 5.00. The molecule has 1 aromatic heterocycles. The first-order valence-electron chi connectivity index (χ1n) is 12.9.